The van der Waals surface area contributed by atoms with Gasteiger partial charge >= 0.3 is 0 Å². The molecular weight excluding hydrogens is 570 g/mol. The predicted molar refractivity (Wildman–Crippen MR) is 155 cm³/mol. The molecule has 0 aromatic heterocycles. The minimum Gasteiger partial charge on any atom is -0.322 e. The van der Waals surface area contributed by atoms with E-state index >= 15 is 0 Å². The quantitative estimate of drug-likeness (QED) is 0.0791. The molecule has 31 heavy (non-hydrogen) atoms. The maximum atomic E-state index is 5.84. The molecule has 0 fully saturated rings. The summed E-state index contributed by atoms with van der Waals surface area (Å²) in [6.07, 6.45) is 0. The molecule has 0 radical (unpaired) electrons. The molecule has 0 aliphatic rings. The Bertz CT molecular complexity index is 649. The SMILES string of the molecule is CCOP(=S)(OCC)SCSCC.CCOP(=S)(OCC)SCSc1ccc(Cl)cc1. The Morgan fingerprint density at radius 3 is 1.55 bits per heavy atom. The summed E-state index contributed by atoms with van der Waals surface area (Å²) in [7, 11) is 0. The number of rotatable bonds is 16. The van der Waals surface area contributed by atoms with Gasteiger partial charge < -0.3 is 18.1 Å². The van der Waals surface area contributed by atoms with E-state index in [9.17, 15) is 0 Å². The summed E-state index contributed by atoms with van der Waals surface area (Å²) in [5, 5.41) is 2.54. The number of hydrogen-bond acceptors (Lipinski definition) is 10. The summed E-state index contributed by atoms with van der Waals surface area (Å²) in [4.78, 5) is 1.17. The van der Waals surface area contributed by atoms with E-state index in [1.165, 1.54) is 4.90 Å². The molecule has 1 aromatic rings. The van der Waals surface area contributed by atoms with Crippen LogP contribution in [0.4, 0.5) is 0 Å². The summed E-state index contributed by atoms with van der Waals surface area (Å²) in [6.45, 7) is 12.4. The molecule has 1 aromatic carbocycles. The van der Waals surface area contributed by atoms with Gasteiger partial charge in [0.15, 0.2) is 0 Å². The number of hydrogen-bond donors (Lipinski definition) is 0. The summed E-state index contributed by atoms with van der Waals surface area (Å²) >= 11 is 23.4. The topological polar surface area (TPSA) is 36.9 Å². The van der Waals surface area contributed by atoms with Gasteiger partial charge in [0.25, 0.3) is 0 Å². The maximum Gasteiger partial charge on any atom is 0.248 e. The van der Waals surface area contributed by atoms with Gasteiger partial charge in [0.2, 0.25) is 11.4 Å². The van der Waals surface area contributed by atoms with Crippen LogP contribution in [0.2, 0.25) is 5.02 Å². The first-order valence-electron chi connectivity index (χ1n) is 9.81. The lowest BCUT2D eigenvalue weighted by molar-refractivity contribution is 0.280. The molecule has 0 amide bonds. The molecule has 0 aliphatic heterocycles. The van der Waals surface area contributed by atoms with Gasteiger partial charge in [-0.3, -0.25) is 0 Å². The fourth-order valence-electron chi connectivity index (χ4n) is 1.73. The van der Waals surface area contributed by atoms with Crippen molar-refractivity contribution in [2.45, 2.75) is 39.5 Å². The molecule has 0 unspecified atom stereocenters. The minimum absolute atomic E-state index is 0.593. The van der Waals surface area contributed by atoms with Crippen LogP contribution in [0.15, 0.2) is 29.2 Å². The first-order valence-corrected chi connectivity index (χ1v) is 20.8. The normalized spacial score (nSPS) is 11.8. The molecular formula is C18H33ClO4P2S6. The van der Waals surface area contributed by atoms with Gasteiger partial charge in [-0.1, -0.05) is 41.3 Å². The van der Waals surface area contributed by atoms with Crippen LogP contribution in [0.25, 0.3) is 0 Å². The highest BCUT2D eigenvalue weighted by Gasteiger charge is 2.19. The zero-order valence-corrected chi connectivity index (χ0v) is 26.1. The monoisotopic (exact) mass is 602 g/mol. The van der Waals surface area contributed by atoms with E-state index in [1.54, 1.807) is 34.5 Å². The smallest absolute Gasteiger partial charge is 0.248 e. The van der Waals surface area contributed by atoms with Crippen LogP contribution in [0.3, 0.4) is 0 Å². The van der Waals surface area contributed by atoms with Crippen molar-refractivity contribution in [3.05, 3.63) is 29.3 Å². The summed E-state index contributed by atoms with van der Waals surface area (Å²) in [5.74, 6) is 1.11. The van der Waals surface area contributed by atoms with Gasteiger partial charge in [0.05, 0.1) is 31.5 Å². The number of halogens is 1. The van der Waals surface area contributed by atoms with E-state index in [-0.39, 0.29) is 0 Å². The zero-order chi connectivity index (χ0) is 23.6. The standard InChI is InChI=1S/C11H16ClO2PS3.C7H17O2PS3/c1-3-13-15(16,14-4-2)18-9-17-11-7-5-10(12)6-8-11;1-4-8-10(11,9-5-2)13-7-12-6-3/h5-8H,3-4,9H2,1-2H3;4-7H2,1-3H3. The second kappa shape index (κ2) is 20.3. The Balaban J connectivity index is 0.000000615. The lowest BCUT2D eigenvalue weighted by Crippen LogP contribution is -1.92. The van der Waals surface area contributed by atoms with Crippen molar-refractivity contribution in [2.24, 2.45) is 0 Å². The Kier molecular flexibility index (Phi) is 21.6. The Hall–Kier alpha value is 2.05. The lowest BCUT2D eigenvalue weighted by atomic mass is 10.4. The van der Waals surface area contributed by atoms with E-state index in [2.05, 4.69) is 6.92 Å². The third-order valence-electron chi connectivity index (χ3n) is 2.90. The maximum absolute atomic E-state index is 5.84. The molecule has 1 rings (SSSR count). The van der Waals surface area contributed by atoms with Crippen molar-refractivity contribution in [3.63, 3.8) is 0 Å². The van der Waals surface area contributed by atoms with Gasteiger partial charge in [-0.05, 0) is 81.3 Å². The molecule has 0 heterocycles. The molecule has 182 valence electrons. The van der Waals surface area contributed by atoms with Crippen molar-refractivity contribution in [1.82, 2.24) is 0 Å². The van der Waals surface area contributed by atoms with Crippen LogP contribution in [-0.2, 0) is 41.7 Å². The first kappa shape index (κ1) is 33.0. The summed E-state index contributed by atoms with van der Waals surface area (Å²) < 4.78 is 22.1. The molecule has 4 nitrogen and oxygen atoms in total. The molecule has 13 heteroatoms. The summed E-state index contributed by atoms with van der Waals surface area (Å²) in [5.41, 5.74) is -4.18. The predicted octanol–water partition coefficient (Wildman–Crippen LogP) is 9.15. The third-order valence-corrected chi connectivity index (χ3v) is 17.3. The van der Waals surface area contributed by atoms with Crippen molar-refractivity contribution >= 4 is 92.9 Å². The molecule has 0 atom stereocenters. The average Bonchev–Trinajstić information content (AvgIpc) is 2.71. The molecule has 0 saturated carbocycles. The molecule has 0 saturated heterocycles. The molecule has 0 spiro atoms. The number of benzene rings is 1. The highest BCUT2D eigenvalue weighted by atomic mass is 35.5. The summed E-state index contributed by atoms with van der Waals surface area (Å²) in [6, 6.07) is 7.77. The van der Waals surface area contributed by atoms with E-state index in [0.717, 1.165) is 20.9 Å². The van der Waals surface area contributed by atoms with Gasteiger partial charge in [-0.15, -0.1) is 11.8 Å². The Morgan fingerprint density at radius 2 is 1.16 bits per heavy atom. The zero-order valence-electron chi connectivity index (χ0n) is 18.6. The van der Waals surface area contributed by atoms with Crippen LogP contribution in [-0.4, -0.2) is 42.4 Å². The van der Waals surface area contributed by atoms with Crippen molar-refractivity contribution in [2.75, 3.05) is 42.4 Å². The second-order valence-corrected chi connectivity index (χ2v) is 21.3. The van der Waals surface area contributed by atoms with Crippen LogP contribution < -0.4 is 0 Å². The largest absolute Gasteiger partial charge is 0.322 e. The van der Waals surface area contributed by atoms with Gasteiger partial charge in [-0.2, -0.15) is 11.8 Å². The van der Waals surface area contributed by atoms with E-state index in [0.29, 0.717) is 26.4 Å². The van der Waals surface area contributed by atoms with E-state index in [4.69, 9.17) is 53.3 Å². The van der Waals surface area contributed by atoms with Crippen LogP contribution >= 0.6 is 69.3 Å². The average molecular weight is 603 g/mol. The van der Waals surface area contributed by atoms with Crippen LogP contribution in [0.1, 0.15) is 34.6 Å². The van der Waals surface area contributed by atoms with Crippen molar-refractivity contribution in [3.8, 4) is 0 Å². The molecule has 0 N–H and O–H groups in total. The fraction of sp³-hybridized carbons (Fsp3) is 0.667. The van der Waals surface area contributed by atoms with E-state index in [1.807, 2.05) is 63.7 Å². The highest BCUT2D eigenvalue weighted by molar-refractivity contribution is 8.70. The third kappa shape index (κ3) is 17.2. The number of thioether (sulfide) groups is 2. The molecule has 0 aliphatic carbocycles. The second-order valence-electron chi connectivity index (χ2n) is 5.15. The van der Waals surface area contributed by atoms with Gasteiger partial charge in [0.1, 0.15) is 0 Å². The van der Waals surface area contributed by atoms with Crippen molar-refractivity contribution < 1.29 is 18.1 Å². The highest BCUT2D eigenvalue weighted by Crippen LogP contribution is 2.62. The van der Waals surface area contributed by atoms with Crippen LogP contribution in [0.5, 0.6) is 0 Å². The Morgan fingerprint density at radius 1 is 0.742 bits per heavy atom. The molecule has 0 bridgehead atoms. The Labute approximate surface area is 220 Å². The van der Waals surface area contributed by atoms with Gasteiger partial charge in [-0.25, -0.2) is 0 Å². The van der Waals surface area contributed by atoms with E-state index < -0.39 is 11.4 Å². The van der Waals surface area contributed by atoms with Crippen LogP contribution in [0, 0.1) is 0 Å². The lowest BCUT2D eigenvalue weighted by Gasteiger charge is -2.19. The first-order chi connectivity index (χ1) is 14.8. The van der Waals surface area contributed by atoms with Crippen molar-refractivity contribution in [1.29, 1.82) is 0 Å². The fourth-order valence-corrected chi connectivity index (χ4v) is 15.9. The minimum atomic E-state index is -2.16. The van der Waals surface area contributed by atoms with Gasteiger partial charge in [0, 0.05) is 15.0 Å².